The van der Waals surface area contributed by atoms with Gasteiger partial charge in [0.15, 0.2) is 0 Å². The number of fused-ring (bicyclic) bond motifs is 1. The summed E-state index contributed by atoms with van der Waals surface area (Å²) < 4.78 is 0.641. The average molecular weight is 472 g/mol. The second kappa shape index (κ2) is 9.36. The third kappa shape index (κ3) is 4.87. The highest BCUT2D eigenvalue weighted by atomic mass is 79.9. The number of pyridine rings is 1. The molecule has 1 aromatic heterocycles. The van der Waals surface area contributed by atoms with Crippen LogP contribution in [0.15, 0.2) is 101 Å². The Morgan fingerprint density at radius 2 is 1.58 bits per heavy atom. The van der Waals surface area contributed by atoms with Crippen molar-refractivity contribution in [3.63, 3.8) is 0 Å². The number of nitrogens with zero attached hydrogens (tertiary/aromatic N) is 1. The lowest BCUT2D eigenvalue weighted by Gasteiger charge is -2.12. The molecule has 0 aliphatic heterocycles. The van der Waals surface area contributed by atoms with Crippen molar-refractivity contribution >= 4 is 50.4 Å². The van der Waals surface area contributed by atoms with Gasteiger partial charge in [0.2, 0.25) is 0 Å². The van der Waals surface area contributed by atoms with Gasteiger partial charge in [-0.05, 0) is 62.6 Å². The van der Waals surface area contributed by atoms with Crippen LogP contribution in [0.4, 0.5) is 5.82 Å². The number of aromatic nitrogens is 1. The van der Waals surface area contributed by atoms with Gasteiger partial charge in [-0.1, -0.05) is 60.7 Å². The number of benzene rings is 3. The first-order valence-corrected chi connectivity index (χ1v) is 10.4. The van der Waals surface area contributed by atoms with Crippen LogP contribution in [0.3, 0.4) is 0 Å². The lowest BCUT2D eigenvalue weighted by Crippen LogP contribution is -2.31. The van der Waals surface area contributed by atoms with Crippen molar-refractivity contribution in [2.75, 3.05) is 5.32 Å². The van der Waals surface area contributed by atoms with Crippen molar-refractivity contribution in [1.29, 1.82) is 0 Å². The Morgan fingerprint density at radius 3 is 2.39 bits per heavy atom. The summed E-state index contributed by atoms with van der Waals surface area (Å²) in [7, 11) is 0. The maximum absolute atomic E-state index is 13.1. The van der Waals surface area contributed by atoms with Crippen LogP contribution in [0.5, 0.6) is 0 Å². The van der Waals surface area contributed by atoms with Crippen molar-refractivity contribution in [3.05, 3.63) is 112 Å². The Balaban J connectivity index is 1.73. The van der Waals surface area contributed by atoms with Gasteiger partial charge in [-0.15, -0.1) is 0 Å². The van der Waals surface area contributed by atoms with E-state index in [1.807, 2.05) is 48.5 Å². The molecule has 0 bridgehead atoms. The highest BCUT2D eigenvalue weighted by molar-refractivity contribution is 9.10. The highest BCUT2D eigenvalue weighted by Crippen LogP contribution is 2.22. The molecule has 0 saturated heterocycles. The molecule has 0 unspecified atom stereocenters. The number of amides is 2. The molecule has 4 aromatic rings. The molecule has 0 saturated carbocycles. The van der Waals surface area contributed by atoms with Crippen LogP contribution >= 0.6 is 15.9 Å². The molecule has 5 nitrogen and oxygen atoms in total. The molecule has 6 heteroatoms. The molecule has 31 heavy (non-hydrogen) atoms. The van der Waals surface area contributed by atoms with E-state index in [0.717, 1.165) is 16.3 Å². The zero-order valence-corrected chi connectivity index (χ0v) is 18.0. The van der Waals surface area contributed by atoms with Gasteiger partial charge in [0, 0.05) is 10.7 Å². The Kier molecular flexibility index (Phi) is 6.19. The predicted molar refractivity (Wildman–Crippen MR) is 126 cm³/mol. The van der Waals surface area contributed by atoms with E-state index in [0.29, 0.717) is 15.9 Å². The number of anilines is 1. The third-order valence-corrected chi connectivity index (χ3v) is 5.33. The summed E-state index contributed by atoms with van der Waals surface area (Å²) in [6.07, 6.45) is 3.26. The van der Waals surface area contributed by atoms with E-state index >= 15 is 0 Å². The van der Waals surface area contributed by atoms with Crippen LogP contribution in [0.2, 0.25) is 0 Å². The zero-order chi connectivity index (χ0) is 21.6. The molecule has 3 aromatic carbocycles. The first-order chi connectivity index (χ1) is 15.1. The van der Waals surface area contributed by atoms with Crippen molar-refractivity contribution in [1.82, 2.24) is 10.3 Å². The second-order valence-corrected chi connectivity index (χ2v) is 7.58. The quantitative estimate of drug-likeness (QED) is 0.382. The fourth-order valence-corrected chi connectivity index (χ4v) is 3.61. The Hall–Kier alpha value is -3.77. The Labute approximate surface area is 188 Å². The SMILES string of the molecule is O=C(Nc1ccccn1)C(=Cc1cccc2ccccc12)NC(=O)c1ccccc1Br. The summed E-state index contributed by atoms with van der Waals surface area (Å²) in [6.45, 7) is 0. The normalized spacial score (nSPS) is 11.2. The van der Waals surface area contributed by atoms with E-state index in [1.54, 1.807) is 48.7 Å². The molecule has 0 radical (unpaired) electrons. The molecule has 0 spiro atoms. The van der Waals surface area contributed by atoms with E-state index < -0.39 is 11.8 Å². The van der Waals surface area contributed by atoms with Crippen LogP contribution in [0.25, 0.3) is 16.8 Å². The zero-order valence-electron chi connectivity index (χ0n) is 16.4. The fourth-order valence-electron chi connectivity index (χ4n) is 3.15. The van der Waals surface area contributed by atoms with E-state index in [1.165, 1.54) is 0 Å². The molecule has 0 fully saturated rings. The van der Waals surface area contributed by atoms with E-state index in [-0.39, 0.29) is 5.70 Å². The lowest BCUT2D eigenvalue weighted by atomic mass is 10.0. The maximum atomic E-state index is 13.1. The third-order valence-electron chi connectivity index (χ3n) is 4.64. The van der Waals surface area contributed by atoms with Crippen molar-refractivity contribution in [2.24, 2.45) is 0 Å². The summed E-state index contributed by atoms with van der Waals surface area (Å²) in [5.74, 6) is -0.464. The Bertz CT molecular complexity index is 1280. The van der Waals surface area contributed by atoms with Crippen molar-refractivity contribution < 1.29 is 9.59 Å². The largest absolute Gasteiger partial charge is 0.317 e. The molecule has 0 atom stereocenters. The predicted octanol–water partition coefficient (Wildman–Crippen LogP) is 5.41. The standard InChI is InChI=1S/C25H18BrN3O2/c26-21-13-4-3-12-20(21)24(30)28-22(25(31)29-23-14-5-6-15-27-23)16-18-10-7-9-17-8-1-2-11-19(17)18/h1-16H,(H,28,30)(H,27,29,31). The minimum Gasteiger partial charge on any atom is -0.317 e. The molecule has 4 rings (SSSR count). The number of hydrogen-bond acceptors (Lipinski definition) is 3. The van der Waals surface area contributed by atoms with Gasteiger partial charge in [-0.2, -0.15) is 0 Å². The molecular formula is C25H18BrN3O2. The number of rotatable bonds is 5. The van der Waals surface area contributed by atoms with Crippen molar-refractivity contribution in [2.45, 2.75) is 0 Å². The smallest absolute Gasteiger partial charge is 0.273 e. The molecule has 0 aliphatic rings. The van der Waals surface area contributed by atoms with E-state index in [2.05, 4.69) is 31.5 Å². The number of nitrogens with one attached hydrogen (secondary N) is 2. The first kappa shape index (κ1) is 20.5. The molecule has 152 valence electrons. The fraction of sp³-hybridized carbons (Fsp3) is 0. The van der Waals surface area contributed by atoms with Crippen LogP contribution < -0.4 is 10.6 Å². The highest BCUT2D eigenvalue weighted by Gasteiger charge is 2.17. The number of carbonyl (C=O) groups excluding carboxylic acids is 2. The summed E-state index contributed by atoms with van der Waals surface area (Å²) in [4.78, 5) is 30.1. The van der Waals surface area contributed by atoms with Crippen LogP contribution in [0, 0.1) is 0 Å². The summed E-state index contributed by atoms with van der Waals surface area (Å²) in [5.41, 5.74) is 1.36. The van der Waals surface area contributed by atoms with Gasteiger partial charge in [-0.25, -0.2) is 4.98 Å². The van der Waals surface area contributed by atoms with Crippen LogP contribution in [0.1, 0.15) is 15.9 Å². The van der Waals surface area contributed by atoms with Crippen molar-refractivity contribution in [3.8, 4) is 0 Å². The minimum absolute atomic E-state index is 0.114. The van der Waals surface area contributed by atoms with Crippen LogP contribution in [-0.4, -0.2) is 16.8 Å². The van der Waals surface area contributed by atoms with E-state index in [4.69, 9.17) is 0 Å². The Morgan fingerprint density at radius 1 is 0.839 bits per heavy atom. The first-order valence-electron chi connectivity index (χ1n) is 9.59. The van der Waals surface area contributed by atoms with Crippen LogP contribution in [-0.2, 0) is 4.79 Å². The maximum Gasteiger partial charge on any atom is 0.273 e. The summed E-state index contributed by atoms with van der Waals surface area (Å²) in [6, 6.07) is 26.0. The number of halogens is 1. The number of hydrogen-bond donors (Lipinski definition) is 2. The lowest BCUT2D eigenvalue weighted by molar-refractivity contribution is -0.113. The summed E-state index contributed by atoms with van der Waals surface area (Å²) >= 11 is 3.39. The van der Waals surface area contributed by atoms with Gasteiger partial charge in [0.1, 0.15) is 11.5 Å². The molecule has 1 heterocycles. The van der Waals surface area contributed by atoms with Gasteiger partial charge < -0.3 is 10.6 Å². The minimum atomic E-state index is -0.466. The molecule has 2 amide bonds. The monoisotopic (exact) mass is 471 g/mol. The average Bonchev–Trinajstić information content (AvgIpc) is 2.79. The van der Waals surface area contributed by atoms with Gasteiger partial charge >= 0.3 is 0 Å². The second-order valence-electron chi connectivity index (χ2n) is 6.73. The number of carbonyl (C=O) groups is 2. The molecule has 0 aliphatic carbocycles. The molecule has 2 N–H and O–H groups in total. The topological polar surface area (TPSA) is 71.1 Å². The van der Waals surface area contributed by atoms with Gasteiger partial charge in [-0.3, -0.25) is 9.59 Å². The van der Waals surface area contributed by atoms with E-state index in [9.17, 15) is 9.59 Å². The summed E-state index contributed by atoms with van der Waals surface area (Å²) in [5, 5.41) is 7.51. The van der Waals surface area contributed by atoms with Gasteiger partial charge in [0.05, 0.1) is 5.56 Å². The molecular weight excluding hydrogens is 454 g/mol. The van der Waals surface area contributed by atoms with Gasteiger partial charge in [0.25, 0.3) is 11.8 Å².